The number of aromatic hydroxyl groups is 2. The molecule has 0 aliphatic carbocycles. The van der Waals surface area contributed by atoms with Crippen molar-refractivity contribution in [2.75, 3.05) is 20.0 Å². The Morgan fingerprint density at radius 1 is 0.909 bits per heavy atom. The fraction of sp³-hybridized carbons (Fsp3) is 0.667. The van der Waals surface area contributed by atoms with E-state index in [1.807, 2.05) is 0 Å². The van der Waals surface area contributed by atoms with Crippen molar-refractivity contribution in [1.82, 2.24) is 0 Å². The summed E-state index contributed by atoms with van der Waals surface area (Å²) in [5.74, 6) is 0.0179. The van der Waals surface area contributed by atoms with Gasteiger partial charge >= 0.3 is 5.97 Å². The minimum atomic E-state index is -0.372. The number of carbonyl (C=O) groups is 1. The van der Waals surface area contributed by atoms with Crippen LogP contribution in [0, 0.1) is 0 Å². The molecule has 0 bridgehead atoms. The molecule has 0 heterocycles. The zero-order valence-electron chi connectivity index (χ0n) is 20.9. The second kappa shape index (κ2) is 18.6. The van der Waals surface area contributed by atoms with Gasteiger partial charge in [-0.15, -0.1) is 11.8 Å². The number of carbonyl (C=O) groups excluding carboxylic acids is 1. The lowest BCUT2D eigenvalue weighted by atomic mass is 10.0. The molecule has 0 unspecified atom stereocenters. The zero-order valence-corrected chi connectivity index (χ0v) is 21.7. The number of esters is 1. The second-order valence-electron chi connectivity index (χ2n) is 8.45. The van der Waals surface area contributed by atoms with E-state index in [-0.39, 0.29) is 29.0 Å². The van der Waals surface area contributed by atoms with Crippen molar-refractivity contribution >= 4 is 17.7 Å². The average Bonchev–Trinajstić information content (AvgIpc) is 2.82. The average molecular weight is 481 g/mol. The number of phenols is 2. The van der Waals surface area contributed by atoms with Crippen molar-refractivity contribution in [3.8, 4) is 17.2 Å². The molecule has 6 heteroatoms. The largest absolute Gasteiger partial charge is 0.507 e. The molecule has 0 saturated heterocycles. The number of phenolic OH excluding ortho intramolecular Hbond substituents is 2. The molecule has 0 saturated carbocycles. The number of hydrogen-bond acceptors (Lipinski definition) is 6. The first-order chi connectivity index (χ1) is 16.0. The van der Waals surface area contributed by atoms with Crippen LogP contribution in [0.5, 0.6) is 17.2 Å². The van der Waals surface area contributed by atoms with Crippen LogP contribution < -0.4 is 4.74 Å². The highest BCUT2D eigenvalue weighted by atomic mass is 32.2. The molecule has 1 rings (SSSR count). The third kappa shape index (κ3) is 12.3. The van der Waals surface area contributed by atoms with Gasteiger partial charge in [0.25, 0.3) is 0 Å². The number of allylic oxidation sites excluding steroid dienone is 2. The molecule has 0 radical (unpaired) electrons. The Morgan fingerprint density at radius 2 is 1.48 bits per heavy atom. The van der Waals surface area contributed by atoms with Gasteiger partial charge in [0, 0.05) is 11.6 Å². The highest BCUT2D eigenvalue weighted by Gasteiger charge is 2.19. The molecule has 0 amide bonds. The molecule has 0 aliphatic rings. The first-order valence-electron chi connectivity index (χ1n) is 12.5. The summed E-state index contributed by atoms with van der Waals surface area (Å²) in [6.07, 6.45) is 21.2. The van der Waals surface area contributed by atoms with Crippen molar-refractivity contribution < 1.29 is 24.5 Å². The van der Waals surface area contributed by atoms with E-state index in [9.17, 15) is 15.0 Å². The van der Waals surface area contributed by atoms with Gasteiger partial charge in [0.15, 0.2) is 11.5 Å². The van der Waals surface area contributed by atoms with Crippen LogP contribution in [0.25, 0.3) is 0 Å². The van der Waals surface area contributed by atoms with E-state index in [1.54, 1.807) is 0 Å². The Morgan fingerprint density at radius 3 is 2.06 bits per heavy atom. The molecule has 2 N–H and O–H groups in total. The lowest BCUT2D eigenvalue weighted by molar-refractivity contribution is -0.137. The van der Waals surface area contributed by atoms with Crippen LogP contribution >= 0.6 is 11.8 Å². The van der Waals surface area contributed by atoms with E-state index in [2.05, 4.69) is 23.8 Å². The van der Waals surface area contributed by atoms with Crippen LogP contribution in [0.4, 0.5) is 0 Å². The summed E-state index contributed by atoms with van der Waals surface area (Å²) in [5, 5.41) is 20.9. The molecule has 0 fully saturated rings. The summed E-state index contributed by atoms with van der Waals surface area (Å²) in [4.78, 5) is 12.0. The van der Waals surface area contributed by atoms with Gasteiger partial charge in [-0.1, -0.05) is 70.4 Å². The van der Waals surface area contributed by atoms with Crippen LogP contribution in [-0.2, 0) is 16.0 Å². The highest BCUT2D eigenvalue weighted by molar-refractivity contribution is 8.00. The van der Waals surface area contributed by atoms with Crippen LogP contribution in [0.15, 0.2) is 23.1 Å². The first kappa shape index (κ1) is 29.2. The Bertz CT molecular complexity index is 702. The summed E-state index contributed by atoms with van der Waals surface area (Å²) in [6, 6.07) is 1.39. The lowest BCUT2D eigenvalue weighted by Crippen LogP contribution is -2.04. The minimum absolute atomic E-state index is 0.0172. The molecular formula is C27H44O5S. The normalized spacial score (nSPS) is 11.2. The Labute approximate surface area is 205 Å². The number of methoxy groups -OCH3 is 2. The van der Waals surface area contributed by atoms with Crippen molar-refractivity contribution in [2.24, 2.45) is 0 Å². The summed E-state index contributed by atoms with van der Waals surface area (Å²) >= 11 is 1.18. The van der Waals surface area contributed by atoms with Gasteiger partial charge in [-0.3, -0.25) is 4.79 Å². The molecule has 0 atom stereocenters. The smallest absolute Gasteiger partial charge is 0.315 e. The predicted octanol–water partition coefficient (Wildman–Crippen LogP) is 7.56. The minimum Gasteiger partial charge on any atom is -0.507 e. The number of thioether (sulfide) groups is 1. The summed E-state index contributed by atoms with van der Waals surface area (Å²) in [6.45, 7) is 2.25. The van der Waals surface area contributed by atoms with E-state index in [4.69, 9.17) is 4.74 Å². The van der Waals surface area contributed by atoms with E-state index in [1.165, 1.54) is 96.3 Å². The molecular weight excluding hydrogens is 436 g/mol. The maximum absolute atomic E-state index is 11.5. The van der Waals surface area contributed by atoms with E-state index in [0.29, 0.717) is 16.9 Å². The van der Waals surface area contributed by atoms with Crippen LogP contribution in [0.3, 0.4) is 0 Å². The Balaban J connectivity index is 2.30. The third-order valence-electron chi connectivity index (χ3n) is 5.76. The predicted molar refractivity (Wildman–Crippen MR) is 138 cm³/mol. The number of rotatable bonds is 19. The topological polar surface area (TPSA) is 76.0 Å². The molecule has 5 nitrogen and oxygen atoms in total. The van der Waals surface area contributed by atoms with Gasteiger partial charge in [0.1, 0.15) is 5.75 Å². The number of ether oxygens (including phenoxy) is 2. The zero-order chi connectivity index (χ0) is 24.3. The second-order valence-corrected chi connectivity index (χ2v) is 9.44. The molecule has 1 aromatic carbocycles. The van der Waals surface area contributed by atoms with E-state index >= 15 is 0 Å². The summed E-state index contributed by atoms with van der Waals surface area (Å²) in [7, 11) is 2.80. The van der Waals surface area contributed by atoms with Crippen molar-refractivity contribution in [3.05, 3.63) is 23.8 Å². The fourth-order valence-corrected chi connectivity index (χ4v) is 4.74. The summed E-state index contributed by atoms with van der Waals surface area (Å²) in [5.41, 5.74) is 0.641. The lowest BCUT2D eigenvalue weighted by Gasteiger charge is -2.15. The Hall–Kier alpha value is -1.82. The molecule has 33 heavy (non-hydrogen) atoms. The van der Waals surface area contributed by atoms with Crippen LogP contribution in [0.2, 0.25) is 0 Å². The SMILES string of the molecule is CCCCCC/C=C\CCCCCCCCCc1c(O)c(OC)cc(O)c1SCC(=O)OC. The van der Waals surface area contributed by atoms with E-state index in [0.717, 1.165) is 19.3 Å². The van der Waals surface area contributed by atoms with Crippen molar-refractivity contribution in [2.45, 2.75) is 102 Å². The molecule has 0 spiro atoms. The van der Waals surface area contributed by atoms with Crippen molar-refractivity contribution in [3.63, 3.8) is 0 Å². The maximum Gasteiger partial charge on any atom is 0.315 e. The quantitative estimate of drug-likeness (QED) is 0.0699. The third-order valence-corrected chi connectivity index (χ3v) is 6.89. The van der Waals surface area contributed by atoms with Gasteiger partial charge in [-0.25, -0.2) is 0 Å². The fourth-order valence-electron chi connectivity index (χ4n) is 3.78. The van der Waals surface area contributed by atoms with Gasteiger partial charge < -0.3 is 19.7 Å². The van der Waals surface area contributed by atoms with Crippen LogP contribution in [-0.4, -0.2) is 36.2 Å². The summed E-state index contributed by atoms with van der Waals surface area (Å²) < 4.78 is 9.87. The van der Waals surface area contributed by atoms with Crippen molar-refractivity contribution in [1.29, 1.82) is 0 Å². The number of unbranched alkanes of at least 4 members (excludes halogenated alkanes) is 11. The standard InChI is InChI=1S/C27H44O5S/c1-4-5-6-7-8-9-10-11-12-13-14-15-16-17-18-19-22-26(30)24(31-2)20-23(28)27(22)33-21-25(29)32-3/h9-10,20,28,30H,4-8,11-19,21H2,1-3H3/b10-9-. The molecule has 0 aliphatic heterocycles. The van der Waals surface area contributed by atoms with Crippen LogP contribution in [0.1, 0.15) is 96.0 Å². The van der Waals surface area contributed by atoms with E-state index < -0.39 is 0 Å². The van der Waals surface area contributed by atoms with Gasteiger partial charge in [0.2, 0.25) is 0 Å². The molecule has 188 valence electrons. The van der Waals surface area contributed by atoms with Gasteiger partial charge in [-0.2, -0.15) is 0 Å². The number of benzene rings is 1. The first-order valence-corrected chi connectivity index (χ1v) is 13.5. The maximum atomic E-state index is 11.5. The number of hydrogen-bond donors (Lipinski definition) is 2. The highest BCUT2D eigenvalue weighted by Crippen LogP contribution is 2.44. The molecule has 0 aromatic heterocycles. The van der Waals surface area contributed by atoms with Gasteiger partial charge in [-0.05, 0) is 38.5 Å². The monoisotopic (exact) mass is 480 g/mol. The molecule has 1 aromatic rings. The Kier molecular flexibility index (Phi) is 16.5. The van der Waals surface area contributed by atoms with Gasteiger partial charge in [0.05, 0.1) is 24.9 Å².